The van der Waals surface area contributed by atoms with Crippen molar-refractivity contribution in [3.63, 3.8) is 0 Å². The highest BCUT2D eigenvalue weighted by Gasteiger charge is 2.24. The minimum atomic E-state index is -3.56. The van der Waals surface area contributed by atoms with Crippen LogP contribution in [0.1, 0.15) is 12.5 Å². The van der Waals surface area contributed by atoms with E-state index in [1.54, 1.807) is 26.0 Å². The van der Waals surface area contributed by atoms with Crippen molar-refractivity contribution in [3.05, 3.63) is 23.8 Å². The predicted octanol–water partition coefficient (Wildman–Crippen LogP) is 1.22. The van der Waals surface area contributed by atoms with Crippen molar-refractivity contribution >= 4 is 15.7 Å². The van der Waals surface area contributed by atoms with Crippen molar-refractivity contribution in [1.29, 1.82) is 0 Å². The van der Waals surface area contributed by atoms with E-state index in [0.29, 0.717) is 17.8 Å². The molecule has 2 N–H and O–H groups in total. The average molecular weight is 252 g/mol. The van der Waals surface area contributed by atoms with Crippen LogP contribution in [0, 0.1) is 19.3 Å². The first kappa shape index (κ1) is 13.6. The van der Waals surface area contributed by atoms with Crippen LogP contribution in [0.4, 0.5) is 5.69 Å². The summed E-state index contributed by atoms with van der Waals surface area (Å²) in [5.41, 5.74) is 6.70. The Labute approximate surface area is 102 Å². The molecule has 0 aliphatic heterocycles. The number of sulfonamides is 1. The number of aryl methyl sites for hydroxylation is 1. The smallest absolute Gasteiger partial charge is 0.244 e. The van der Waals surface area contributed by atoms with E-state index in [9.17, 15) is 8.42 Å². The molecule has 0 atom stereocenters. The summed E-state index contributed by atoms with van der Waals surface area (Å²) < 4.78 is 25.8. The highest BCUT2D eigenvalue weighted by Crippen LogP contribution is 2.21. The monoisotopic (exact) mass is 252 g/mol. The molecule has 17 heavy (non-hydrogen) atoms. The van der Waals surface area contributed by atoms with E-state index >= 15 is 0 Å². The minimum Gasteiger partial charge on any atom is -0.399 e. The van der Waals surface area contributed by atoms with Crippen LogP contribution in [0.3, 0.4) is 0 Å². The molecule has 1 rings (SSSR count). The fourth-order valence-electron chi connectivity index (χ4n) is 1.50. The summed E-state index contributed by atoms with van der Waals surface area (Å²) in [5, 5.41) is 0. The molecule has 0 unspecified atom stereocenters. The van der Waals surface area contributed by atoms with E-state index in [1.807, 2.05) is 0 Å². The van der Waals surface area contributed by atoms with Gasteiger partial charge in [-0.1, -0.05) is 18.9 Å². The van der Waals surface area contributed by atoms with Gasteiger partial charge in [0.15, 0.2) is 0 Å². The van der Waals surface area contributed by atoms with Gasteiger partial charge in [0.25, 0.3) is 0 Å². The Balaban J connectivity index is 3.30. The Morgan fingerprint density at radius 2 is 2.12 bits per heavy atom. The van der Waals surface area contributed by atoms with Crippen LogP contribution >= 0.6 is 0 Å². The zero-order chi connectivity index (χ0) is 13.1. The van der Waals surface area contributed by atoms with Crippen molar-refractivity contribution in [3.8, 4) is 12.3 Å². The van der Waals surface area contributed by atoms with Crippen molar-refractivity contribution in [2.75, 3.05) is 18.8 Å². The zero-order valence-corrected chi connectivity index (χ0v) is 10.8. The molecule has 5 heteroatoms. The number of nitrogens with zero attached hydrogens (tertiary/aromatic N) is 1. The lowest BCUT2D eigenvalue weighted by atomic mass is 10.2. The summed E-state index contributed by atoms with van der Waals surface area (Å²) in [5.74, 6) is 2.34. The molecule has 0 amide bonds. The van der Waals surface area contributed by atoms with Gasteiger partial charge in [-0.2, -0.15) is 4.31 Å². The molecule has 0 heterocycles. The molecule has 0 aliphatic carbocycles. The number of anilines is 1. The SMILES string of the molecule is C#CCN(CC)S(=O)(=O)c1cc(N)ccc1C. The maximum absolute atomic E-state index is 12.3. The minimum absolute atomic E-state index is 0.0626. The molecule has 0 saturated heterocycles. The lowest BCUT2D eigenvalue weighted by Gasteiger charge is -2.19. The molecule has 4 nitrogen and oxygen atoms in total. The van der Waals surface area contributed by atoms with E-state index in [-0.39, 0.29) is 11.4 Å². The van der Waals surface area contributed by atoms with Crippen molar-refractivity contribution in [1.82, 2.24) is 4.31 Å². The van der Waals surface area contributed by atoms with E-state index in [1.165, 1.54) is 10.4 Å². The molecule has 0 spiro atoms. The van der Waals surface area contributed by atoms with Gasteiger partial charge < -0.3 is 5.73 Å². The molecule has 0 aromatic heterocycles. The van der Waals surface area contributed by atoms with Crippen LogP contribution in [-0.2, 0) is 10.0 Å². The Hall–Kier alpha value is -1.51. The van der Waals surface area contributed by atoms with Gasteiger partial charge in [-0.15, -0.1) is 6.42 Å². The Kier molecular flexibility index (Phi) is 4.16. The largest absolute Gasteiger partial charge is 0.399 e. The van der Waals surface area contributed by atoms with Crippen LogP contribution in [0.15, 0.2) is 23.1 Å². The quantitative estimate of drug-likeness (QED) is 0.647. The summed E-state index contributed by atoms with van der Waals surface area (Å²) in [6, 6.07) is 4.82. The fraction of sp³-hybridized carbons (Fsp3) is 0.333. The third kappa shape index (κ3) is 2.78. The second-order valence-electron chi connectivity index (χ2n) is 3.66. The highest BCUT2D eigenvalue weighted by molar-refractivity contribution is 7.89. The highest BCUT2D eigenvalue weighted by atomic mass is 32.2. The number of rotatable bonds is 4. The number of hydrogen-bond acceptors (Lipinski definition) is 3. The van der Waals surface area contributed by atoms with Crippen LogP contribution in [-0.4, -0.2) is 25.8 Å². The van der Waals surface area contributed by atoms with Crippen LogP contribution < -0.4 is 5.73 Å². The second-order valence-corrected chi connectivity index (χ2v) is 5.57. The van der Waals surface area contributed by atoms with Crippen LogP contribution in [0.5, 0.6) is 0 Å². The number of benzene rings is 1. The number of nitrogen functional groups attached to an aromatic ring is 1. The molecule has 0 bridgehead atoms. The zero-order valence-electron chi connectivity index (χ0n) is 9.97. The lowest BCUT2D eigenvalue weighted by molar-refractivity contribution is 0.463. The van der Waals surface area contributed by atoms with Gasteiger partial charge in [0, 0.05) is 12.2 Å². The summed E-state index contributed by atoms with van der Waals surface area (Å²) in [6.07, 6.45) is 5.17. The van der Waals surface area contributed by atoms with E-state index in [2.05, 4.69) is 5.92 Å². The Bertz CT molecular complexity index is 544. The molecule has 0 aliphatic rings. The van der Waals surface area contributed by atoms with Crippen LogP contribution in [0.25, 0.3) is 0 Å². The first-order valence-corrected chi connectivity index (χ1v) is 6.67. The molecular weight excluding hydrogens is 236 g/mol. The topological polar surface area (TPSA) is 63.4 Å². The third-order valence-electron chi connectivity index (χ3n) is 2.45. The van der Waals surface area contributed by atoms with Gasteiger partial charge >= 0.3 is 0 Å². The van der Waals surface area contributed by atoms with E-state index in [0.717, 1.165) is 0 Å². The normalized spacial score (nSPS) is 11.4. The maximum Gasteiger partial charge on any atom is 0.244 e. The molecule has 92 valence electrons. The molecule has 0 saturated carbocycles. The van der Waals surface area contributed by atoms with Gasteiger partial charge in [0.05, 0.1) is 11.4 Å². The number of terminal acetylenes is 1. The first-order chi connectivity index (χ1) is 7.93. The van der Waals surface area contributed by atoms with Gasteiger partial charge in [0.2, 0.25) is 10.0 Å². The van der Waals surface area contributed by atoms with E-state index < -0.39 is 10.0 Å². The molecule has 1 aromatic carbocycles. The van der Waals surface area contributed by atoms with Crippen molar-refractivity contribution in [2.45, 2.75) is 18.7 Å². The first-order valence-electron chi connectivity index (χ1n) is 5.23. The fourth-order valence-corrected chi connectivity index (χ4v) is 3.12. The van der Waals surface area contributed by atoms with Gasteiger partial charge in [0.1, 0.15) is 0 Å². The van der Waals surface area contributed by atoms with Crippen molar-refractivity contribution < 1.29 is 8.42 Å². The average Bonchev–Trinajstić information content (AvgIpc) is 2.28. The van der Waals surface area contributed by atoms with Gasteiger partial charge in [-0.25, -0.2) is 8.42 Å². The summed E-state index contributed by atoms with van der Waals surface area (Å²) in [7, 11) is -3.56. The number of nitrogens with two attached hydrogens (primary N) is 1. The van der Waals surface area contributed by atoms with E-state index in [4.69, 9.17) is 12.2 Å². The molecule has 1 aromatic rings. The second kappa shape index (κ2) is 5.21. The summed E-state index contributed by atoms with van der Waals surface area (Å²) in [6.45, 7) is 3.88. The van der Waals surface area contributed by atoms with Gasteiger partial charge in [-0.3, -0.25) is 0 Å². The van der Waals surface area contributed by atoms with Gasteiger partial charge in [-0.05, 0) is 24.6 Å². The summed E-state index contributed by atoms with van der Waals surface area (Å²) in [4.78, 5) is 0.217. The Morgan fingerprint density at radius 1 is 1.47 bits per heavy atom. The molecular formula is C12H16N2O2S. The Morgan fingerprint density at radius 3 is 2.65 bits per heavy atom. The molecule has 0 radical (unpaired) electrons. The van der Waals surface area contributed by atoms with Crippen LogP contribution in [0.2, 0.25) is 0 Å². The standard InChI is InChI=1S/C12H16N2O2S/c1-4-8-14(5-2)17(15,16)12-9-11(13)7-6-10(12)3/h1,6-7,9H,5,8,13H2,2-3H3. The number of hydrogen-bond donors (Lipinski definition) is 1. The maximum atomic E-state index is 12.3. The lowest BCUT2D eigenvalue weighted by Crippen LogP contribution is -2.31. The molecule has 0 fully saturated rings. The third-order valence-corrected chi connectivity index (χ3v) is 4.51. The van der Waals surface area contributed by atoms with Crippen molar-refractivity contribution in [2.24, 2.45) is 0 Å². The summed E-state index contributed by atoms with van der Waals surface area (Å²) >= 11 is 0. The predicted molar refractivity (Wildman–Crippen MR) is 68.9 cm³/mol.